The average Bonchev–Trinajstić information content (AvgIpc) is 3.24. The highest BCUT2D eigenvalue weighted by atomic mass is 35.5. The number of hydrogen-bond donors (Lipinski definition) is 2. The molecule has 0 spiro atoms. The van der Waals surface area contributed by atoms with E-state index in [0.717, 1.165) is 25.7 Å². The fourth-order valence-electron chi connectivity index (χ4n) is 2.89. The molecule has 8 heteroatoms. The Kier molecular flexibility index (Phi) is 4.22. The molecule has 0 saturated heterocycles. The Balaban J connectivity index is 1.64. The van der Waals surface area contributed by atoms with Gasteiger partial charge in [-0.15, -0.1) is 34.8 Å². The SMILES string of the molecule is OC(CCC1CC1(Cl)Cl)(CN1NC=NC1C=S)C1(Cl)CC1. The highest BCUT2D eigenvalue weighted by molar-refractivity contribution is 7.79. The van der Waals surface area contributed by atoms with E-state index in [4.69, 9.17) is 47.0 Å². The summed E-state index contributed by atoms with van der Waals surface area (Å²) in [7, 11) is 0. The maximum absolute atomic E-state index is 11.1. The van der Waals surface area contributed by atoms with Crippen molar-refractivity contribution in [2.45, 2.75) is 53.1 Å². The van der Waals surface area contributed by atoms with E-state index in [2.05, 4.69) is 10.4 Å². The second-order valence-corrected chi connectivity index (χ2v) is 8.82. The van der Waals surface area contributed by atoms with Crippen LogP contribution in [0.4, 0.5) is 0 Å². The van der Waals surface area contributed by atoms with E-state index >= 15 is 0 Å². The first-order chi connectivity index (χ1) is 9.80. The van der Waals surface area contributed by atoms with Gasteiger partial charge in [-0.2, -0.15) is 5.01 Å². The fraction of sp³-hybridized carbons (Fsp3) is 0.846. The molecule has 21 heavy (non-hydrogen) atoms. The molecule has 0 aromatic heterocycles. The fourth-order valence-corrected chi connectivity index (χ4v) is 3.94. The molecule has 2 aliphatic carbocycles. The summed E-state index contributed by atoms with van der Waals surface area (Å²) in [5.74, 6) is 0.246. The predicted molar refractivity (Wildman–Crippen MR) is 90.3 cm³/mol. The molecule has 3 unspecified atom stereocenters. The van der Waals surface area contributed by atoms with Gasteiger partial charge in [0.1, 0.15) is 10.5 Å². The van der Waals surface area contributed by atoms with Crippen molar-refractivity contribution < 1.29 is 5.11 Å². The highest BCUT2D eigenvalue weighted by Crippen LogP contribution is 2.58. The molecule has 2 saturated carbocycles. The van der Waals surface area contributed by atoms with E-state index in [1.54, 1.807) is 11.7 Å². The molecule has 0 aromatic carbocycles. The molecule has 3 aliphatic rings. The summed E-state index contributed by atoms with van der Waals surface area (Å²) in [4.78, 5) is 3.63. The molecular weight excluding hydrogens is 353 g/mol. The van der Waals surface area contributed by atoms with Crippen LogP contribution in [0.25, 0.3) is 0 Å². The molecule has 0 amide bonds. The zero-order chi connectivity index (χ0) is 15.3. The number of halogens is 3. The van der Waals surface area contributed by atoms with Crippen molar-refractivity contribution in [1.29, 1.82) is 0 Å². The lowest BCUT2D eigenvalue weighted by Crippen LogP contribution is -2.55. The number of nitrogens with zero attached hydrogens (tertiary/aromatic N) is 2. The number of thiocarbonyl (C=S) groups is 1. The van der Waals surface area contributed by atoms with Crippen molar-refractivity contribution in [2.24, 2.45) is 10.9 Å². The Morgan fingerprint density at radius 1 is 1.48 bits per heavy atom. The van der Waals surface area contributed by atoms with E-state index < -0.39 is 14.8 Å². The van der Waals surface area contributed by atoms with Gasteiger partial charge in [-0.25, -0.2) is 4.99 Å². The standard InChI is InChI=1S/C13H18Cl3N3OS/c14-11(3-4-11)12(20,2-1-9-5-13(9,15)16)7-19-10(6-21)17-8-18-19/h6,8-10,20H,1-5,7H2,(H,17,18). The van der Waals surface area contributed by atoms with Crippen molar-refractivity contribution in [2.75, 3.05) is 6.54 Å². The molecule has 2 fully saturated rings. The Labute approximate surface area is 144 Å². The van der Waals surface area contributed by atoms with Crippen LogP contribution >= 0.6 is 47.0 Å². The lowest BCUT2D eigenvalue weighted by molar-refractivity contribution is -0.0244. The molecule has 0 radical (unpaired) electrons. The summed E-state index contributed by atoms with van der Waals surface area (Å²) in [5.41, 5.74) is 2.00. The quantitative estimate of drug-likeness (QED) is 0.534. The zero-order valence-corrected chi connectivity index (χ0v) is 14.5. The lowest BCUT2D eigenvalue weighted by Gasteiger charge is -2.37. The van der Waals surface area contributed by atoms with Crippen LogP contribution < -0.4 is 5.43 Å². The van der Waals surface area contributed by atoms with Crippen molar-refractivity contribution in [1.82, 2.24) is 10.4 Å². The molecule has 0 bridgehead atoms. The number of hydrogen-bond acceptors (Lipinski definition) is 5. The van der Waals surface area contributed by atoms with Crippen LogP contribution in [0.2, 0.25) is 0 Å². The van der Waals surface area contributed by atoms with Crippen molar-refractivity contribution in [3.05, 3.63) is 0 Å². The maximum atomic E-state index is 11.1. The minimum atomic E-state index is -1.00. The normalized spacial score (nSPS) is 35.0. The maximum Gasteiger partial charge on any atom is 0.149 e. The summed E-state index contributed by atoms with van der Waals surface area (Å²) >= 11 is 23.7. The first kappa shape index (κ1) is 16.2. The number of aliphatic imine (C=N–C) groups is 1. The van der Waals surface area contributed by atoms with E-state index in [-0.39, 0.29) is 12.1 Å². The second-order valence-electron chi connectivity index (χ2n) is 6.28. The topological polar surface area (TPSA) is 47.9 Å². The van der Waals surface area contributed by atoms with Crippen LogP contribution in [0.5, 0.6) is 0 Å². The molecule has 1 aliphatic heterocycles. The second kappa shape index (κ2) is 5.46. The van der Waals surface area contributed by atoms with Crippen molar-refractivity contribution >= 4 is 58.7 Å². The van der Waals surface area contributed by atoms with Crippen molar-refractivity contribution in [3.8, 4) is 0 Å². The molecule has 2 N–H and O–H groups in total. The average molecular weight is 371 g/mol. The third kappa shape index (κ3) is 3.19. The smallest absolute Gasteiger partial charge is 0.149 e. The van der Waals surface area contributed by atoms with Gasteiger partial charge in [0.05, 0.1) is 23.4 Å². The Morgan fingerprint density at radius 3 is 2.67 bits per heavy atom. The number of rotatable bonds is 7. The number of alkyl halides is 3. The molecule has 3 rings (SSSR count). The minimum absolute atomic E-state index is 0.244. The van der Waals surface area contributed by atoms with Crippen LogP contribution in [0.15, 0.2) is 4.99 Å². The minimum Gasteiger partial charge on any atom is -0.387 e. The van der Waals surface area contributed by atoms with Gasteiger partial charge in [0, 0.05) is 5.37 Å². The third-order valence-corrected chi connectivity index (χ3v) is 6.61. The number of nitrogens with one attached hydrogen (secondary N) is 1. The van der Waals surface area contributed by atoms with Gasteiger partial charge in [0.25, 0.3) is 0 Å². The molecule has 3 atom stereocenters. The lowest BCUT2D eigenvalue weighted by atomic mass is 9.89. The Hall–Kier alpha value is 0.350. The molecule has 118 valence electrons. The van der Waals surface area contributed by atoms with Gasteiger partial charge in [0.15, 0.2) is 0 Å². The van der Waals surface area contributed by atoms with Crippen LogP contribution in [0.1, 0.15) is 32.1 Å². The molecule has 4 nitrogen and oxygen atoms in total. The molecular formula is C13H18Cl3N3OS. The van der Waals surface area contributed by atoms with Crippen molar-refractivity contribution in [3.63, 3.8) is 0 Å². The zero-order valence-electron chi connectivity index (χ0n) is 11.4. The first-order valence-corrected chi connectivity index (χ1v) is 8.69. The Bertz CT molecular complexity index is 472. The summed E-state index contributed by atoms with van der Waals surface area (Å²) in [6, 6.07) is 0. The van der Waals surface area contributed by atoms with Gasteiger partial charge >= 0.3 is 0 Å². The highest BCUT2D eigenvalue weighted by Gasteiger charge is 2.60. The molecule has 1 heterocycles. The van der Waals surface area contributed by atoms with Crippen LogP contribution in [0, 0.1) is 5.92 Å². The predicted octanol–water partition coefficient (Wildman–Crippen LogP) is 2.64. The van der Waals surface area contributed by atoms with E-state index in [0.29, 0.717) is 13.0 Å². The van der Waals surface area contributed by atoms with Crippen LogP contribution in [0.3, 0.4) is 0 Å². The number of β-amino-alcohol motifs (C(OH)–C–C–N with tert-alkyl or cyclic N) is 1. The van der Waals surface area contributed by atoms with Gasteiger partial charge in [0.2, 0.25) is 0 Å². The van der Waals surface area contributed by atoms with Crippen LogP contribution in [-0.4, -0.2) is 49.3 Å². The Morgan fingerprint density at radius 2 is 2.14 bits per heavy atom. The summed E-state index contributed by atoms with van der Waals surface area (Å²) < 4.78 is -0.615. The van der Waals surface area contributed by atoms with E-state index in [9.17, 15) is 5.11 Å². The van der Waals surface area contributed by atoms with Gasteiger partial charge in [-0.1, -0.05) is 12.2 Å². The summed E-state index contributed by atoms with van der Waals surface area (Å²) in [5, 5.41) is 14.5. The van der Waals surface area contributed by atoms with E-state index in [1.807, 2.05) is 5.01 Å². The van der Waals surface area contributed by atoms with Gasteiger partial charge in [-0.3, -0.25) is 0 Å². The van der Waals surface area contributed by atoms with Crippen LogP contribution in [-0.2, 0) is 0 Å². The summed E-state index contributed by atoms with van der Waals surface area (Å²) in [6.45, 7) is 0.374. The first-order valence-electron chi connectivity index (χ1n) is 7.09. The van der Waals surface area contributed by atoms with Gasteiger partial charge < -0.3 is 10.5 Å². The number of hydrazine groups is 1. The number of aliphatic hydroxyl groups is 1. The molecule has 0 aromatic rings. The van der Waals surface area contributed by atoms with Gasteiger partial charge in [-0.05, 0) is 38.0 Å². The third-order valence-electron chi connectivity index (χ3n) is 4.71. The van der Waals surface area contributed by atoms with E-state index in [1.165, 1.54) is 0 Å². The monoisotopic (exact) mass is 369 g/mol. The summed E-state index contributed by atoms with van der Waals surface area (Å²) in [6.07, 6.45) is 5.12. The largest absolute Gasteiger partial charge is 0.387 e.